The maximum absolute atomic E-state index is 10.2. The Morgan fingerprint density at radius 3 is 3.00 bits per heavy atom. The van der Waals surface area contributed by atoms with E-state index in [1.165, 1.54) is 6.08 Å². The van der Waals surface area contributed by atoms with Crippen LogP contribution in [0, 0.1) is 0 Å². The summed E-state index contributed by atoms with van der Waals surface area (Å²) in [4.78, 5) is 10.2. The van der Waals surface area contributed by atoms with Crippen molar-refractivity contribution in [3.8, 4) is 0 Å². The van der Waals surface area contributed by atoms with Crippen molar-refractivity contribution >= 4 is 15.5 Å². The highest BCUT2D eigenvalue weighted by Gasteiger charge is 1.90. The lowest BCUT2D eigenvalue weighted by Gasteiger charge is -1.94. The van der Waals surface area contributed by atoms with Crippen LogP contribution in [0.5, 0.6) is 0 Å². The van der Waals surface area contributed by atoms with Crippen molar-refractivity contribution in [2.24, 2.45) is 0 Å². The van der Waals surface area contributed by atoms with Crippen molar-refractivity contribution in [2.45, 2.75) is 6.55 Å². The van der Waals surface area contributed by atoms with Gasteiger partial charge in [0.15, 0.2) is 0 Å². The molecule has 0 aliphatic rings. The van der Waals surface area contributed by atoms with E-state index in [4.69, 9.17) is 0 Å². The quantitative estimate of drug-likeness (QED) is 0.313. The minimum Gasteiger partial charge on any atom is -0.467 e. The number of rotatable bonds is 3. The molecular formula is C5H8O2Si. The predicted molar refractivity (Wildman–Crippen MR) is 32.8 cm³/mol. The van der Waals surface area contributed by atoms with Gasteiger partial charge in [-0.2, -0.15) is 0 Å². The summed E-state index contributed by atoms with van der Waals surface area (Å²) in [6.45, 7) is 5.21. The Kier molecular flexibility index (Phi) is 4.25. The lowest BCUT2D eigenvalue weighted by Crippen LogP contribution is -2.05. The second-order valence-electron chi connectivity index (χ2n) is 1.17. The van der Waals surface area contributed by atoms with Crippen LogP contribution in [0.1, 0.15) is 0 Å². The normalized spacial score (nSPS) is 8.12. The first-order chi connectivity index (χ1) is 3.81. The molecule has 0 saturated heterocycles. The Hall–Kier alpha value is -0.573. The van der Waals surface area contributed by atoms with Crippen molar-refractivity contribution in [3.05, 3.63) is 12.7 Å². The van der Waals surface area contributed by atoms with Crippen molar-refractivity contribution in [3.63, 3.8) is 0 Å². The van der Waals surface area contributed by atoms with E-state index in [2.05, 4.69) is 11.3 Å². The van der Waals surface area contributed by atoms with Crippen molar-refractivity contribution in [1.29, 1.82) is 0 Å². The first-order valence-electron chi connectivity index (χ1n) is 2.25. The molecule has 0 unspecified atom stereocenters. The highest BCUT2D eigenvalue weighted by Crippen LogP contribution is 1.75. The molecule has 0 N–H and O–H groups in total. The third-order valence-corrected chi connectivity index (χ3v) is 0.958. The summed E-state index contributed by atoms with van der Waals surface area (Å²) in [7, 11) is 0.663. The number of hydrogen-bond acceptors (Lipinski definition) is 2. The Morgan fingerprint density at radius 2 is 2.62 bits per heavy atom. The van der Waals surface area contributed by atoms with Crippen LogP contribution in [0.2, 0.25) is 6.55 Å². The lowest BCUT2D eigenvalue weighted by molar-refractivity contribution is -0.135. The van der Waals surface area contributed by atoms with Crippen LogP contribution in [0.25, 0.3) is 0 Å². The van der Waals surface area contributed by atoms with E-state index in [1.807, 2.05) is 6.55 Å². The third-order valence-electron chi connectivity index (χ3n) is 0.525. The lowest BCUT2D eigenvalue weighted by atomic mass is 10.7. The van der Waals surface area contributed by atoms with E-state index in [1.54, 1.807) is 0 Å². The van der Waals surface area contributed by atoms with Crippen LogP contribution in [-0.4, -0.2) is 21.7 Å². The number of hydrogen-bond donors (Lipinski definition) is 0. The molecule has 0 spiro atoms. The van der Waals surface area contributed by atoms with Crippen molar-refractivity contribution in [2.75, 3.05) is 6.23 Å². The fourth-order valence-corrected chi connectivity index (χ4v) is 0.489. The average molecular weight is 128 g/mol. The molecule has 0 fully saturated rings. The van der Waals surface area contributed by atoms with Crippen molar-refractivity contribution < 1.29 is 9.53 Å². The minimum atomic E-state index is -0.334. The predicted octanol–water partition coefficient (Wildman–Crippen LogP) is 0.425. The highest BCUT2D eigenvalue weighted by atomic mass is 28.2. The molecule has 0 rings (SSSR count). The number of esters is 1. The molecule has 8 heavy (non-hydrogen) atoms. The Bertz CT molecular complexity index is 90.4. The van der Waals surface area contributed by atoms with E-state index >= 15 is 0 Å². The van der Waals surface area contributed by atoms with Crippen LogP contribution in [0.3, 0.4) is 0 Å². The van der Waals surface area contributed by atoms with E-state index in [0.717, 1.165) is 0 Å². The first kappa shape index (κ1) is 7.43. The van der Waals surface area contributed by atoms with Gasteiger partial charge in [-0.3, -0.25) is 0 Å². The zero-order chi connectivity index (χ0) is 6.41. The summed E-state index contributed by atoms with van der Waals surface area (Å²) in [6, 6.07) is 0. The van der Waals surface area contributed by atoms with Gasteiger partial charge in [0.05, 0.1) is 15.7 Å². The van der Waals surface area contributed by atoms with Gasteiger partial charge < -0.3 is 4.74 Å². The largest absolute Gasteiger partial charge is 0.467 e. The Balaban J connectivity index is 3.11. The Labute approximate surface area is 51.4 Å². The van der Waals surface area contributed by atoms with E-state index in [9.17, 15) is 4.79 Å². The molecule has 0 aliphatic carbocycles. The van der Waals surface area contributed by atoms with Gasteiger partial charge in [-0.15, -0.1) is 0 Å². The molecule has 0 amide bonds. The van der Waals surface area contributed by atoms with Gasteiger partial charge in [0.25, 0.3) is 0 Å². The summed E-state index contributed by atoms with van der Waals surface area (Å²) in [5.74, 6) is -0.334. The summed E-state index contributed by atoms with van der Waals surface area (Å²) in [5.41, 5.74) is 0. The van der Waals surface area contributed by atoms with Crippen LogP contribution in [0.15, 0.2) is 12.7 Å². The molecule has 2 radical (unpaired) electrons. The number of ether oxygens (including phenoxy) is 1. The topological polar surface area (TPSA) is 26.3 Å². The molecule has 3 heteroatoms. The Morgan fingerprint density at radius 1 is 2.00 bits per heavy atom. The van der Waals surface area contributed by atoms with Gasteiger partial charge in [0.2, 0.25) is 0 Å². The fourth-order valence-electron chi connectivity index (χ4n) is 0.202. The summed E-state index contributed by atoms with van der Waals surface area (Å²) in [6.07, 6.45) is 1.69. The zero-order valence-electron chi connectivity index (χ0n) is 4.81. The SMILES string of the molecule is C=CC(=O)OC[Si]C. The third kappa shape index (κ3) is 3.61. The smallest absolute Gasteiger partial charge is 0.329 e. The maximum Gasteiger partial charge on any atom is 0.329 e. The molecule has 0 saturated carbocycles. The first-order valence-corrected chi connectivity index (χ1v) is 3.95. The number of carbonyl (C=O) groups excluding carboxylic acids is 1. The van der Waals surface area contributed by atoms with E-state index < -0.39 is 0 Å². The van der Waals surface area contributed by atoms with E-state index in [0.29, 0.717) is 15.7 Å². The van der Waals surface area contributed by atoms with Crippen LogP contribution < -0.4 is 0 Å². The molecule has 0 aromatic rings. The maximum atomic E-state index is 10.2. The monoisotopic (exact) mass is 128 g/mol. The van der Waals surface area contributed by atoms with Gasteiger partial charge in [-0.25, -0.2) is 4.79 Å². The van der Waals surface area contributed by atoms with Gasteiger partial charge in [-0.1, -0.05) is 13.1 Å². The van der Waals surface area contributed by atoms with Gasteiger partial charge in [0, 0.05) is 6.08 Å². The molecule has 0 bridgehead atoms. The van der Waals surface area contributed by atoms with E-state index in [-0.39, 0.29) is 5.97 Å². The second kappa shape index (κ2) is 4.58. The minimum absolute atomic E-state index is 0.334. The molecule has 0 atom stereocenters. The fraction of sp³-hybridized carbons (Fsp3) is 0.400. The zero-order valence-corrected chi connectivity index (χ0v) is 5.81. The summed E-state index contributed by atoms with van der Waals surface area (Å²) < 4.78 is 4.60. The van der Waals surface area contributed by atoms with Crippen LogP contribution >= 0.6 is 0 Å². The second-order valence-corrected chi connectivity index (χ2v) is 2.16. The number of carbonyl (C=O) groups is 1. The molecule has 0 aliphatic heterocycles. The van der Waals surface area contributed by atoms with Crippen LogP contribution in [-0.2, 0) is 9.53 Å². The van der Waals surface area contributed by atoms with Crippen molar-refractivity contribution in [1.82, 2.24) is 0 Å². The molecule has 0 aromatic heterocycles. The molecule has 0 aromatic carbocycles. The van der Waals surface area contributed by atoms with Gasteiger partial charge in [-0.05, 0) is 0 Å². The molecule has 0 heterocycles. The van der Waals surface area contributed by atoms with Gasteiger partial charge in [0.1, 0.15) is 0 Å². The summed E-state index contributed by atoms with van der Waals surface area (Å²) >= 11 is 0. The van der Waals surface area contributed by atoms with Gasteiger partial charge >= 0.3 is 5.97 Å². The molecule has 44 valence electrons. The standard InChI is InChI=1S/C5H8O2Si/c1-3-5(6)7-4-8-2/h3H,1,4H2,2H3. The summed E-state index contributed by atoms with van der Waals surface area (Å²) in [5, 5.41) is 0. The van der Waals surface area contributed by atoms with Crippen LogP contribution in [0.4, 0.5) is 0 Å². The average Bonchev–Trinajstić information content (AvgIpc) is 1.83. The molecule has 2 nitrogen and oxygen atoms in total. The molecular weight excluding hydrogens is 120 g/mol. The highest BCUT2D eigenvalue weighted by molar-refractivity contribution is 6.33.